The van der Waals surface area contributed by atoms with Crippen molar-refractivity contribution in [2.24, 2.45) is 0 Å². The van der Waals surface area contributed by atoms with Crippen LogP contribution in [0, 0.1) is 5.82 Å². The first kappa shape index (κ1) is 18.8. The quantitative estimate of drug-likeness (QED) is 0.696. The SMILES string of the molecule is O=C(NS(=O)(=O)c1ccc(Oc2ccccc2)nc1)c1ccc(F)cc1Cl. The average Bonchev–Trinajstić information content (AvgIpc) is 2.62. The first-order valence-electron chi connectivity index (χ1n) is 7.56. The lowest BCUT2D eigenvalue weighted by Gasteiger charge is -2.09. The summed E-state index contributed by atoms with van der Waals surface area (Å²) in [6, 6.07) is 14.4. The summed E-state index contributed by atoms with van der Waals surface area (Å²) in [6.45, 7) is 0. The number of amides is 1. The number of aromatic nitrogens is 1. The molecule has 1 heterocycles. The van der Waals surface area contributed by atoms with Gasteiger partial charge in [-0.25, -0.2) is 22.5 Å². The van der Waals surface area contributed by atoms with Crippen LogP contribution >= 0.6 is 11.6 Å². The Morgan fingerprint density at radius 2 is 1.81 bits per heavy atom. The molecule has 0 aliphatic rings. The van der Waals surface area contributed by atoms with Gasteiger partial charge < -0.3 is 4.74 Å². The molecular weight excluding hydrogens is 395 g/mol. The molecule has 6 nitrogen and oxygen atoms in total. The highest BCUT2D eigenvalue weighted by molar-refractivity contribution is 7.90. The van der Waals surface area contributed by atoms with Crippen LogP contribution in [0.15, 0.2) is 71.8 Å². The fourth-order valence-electron chi connectivity index (χ4n) is 2.10. The molecule has 0 bridgehead atoms. The van der Waals surface area contributed by atoms with Crippen molar-refractivity contribution in [1.82, 2.24) is 9.71 Å². The van der Waals surface area contributed by atoms with Gasteiger partial charge in [0.1, 0.15) is 16.5 Å². The van der Waals surface area contributed by atoms with Crippen molar-refractivity contribution >= 4 is 27.5 Å². The van der Waals surface area contributed by atoms with Gasteiger partial charge in [0.2, 0.25) is 5.88 Å². The predicted octanol–water partition coefficient (Wildman–Crippen LogP) is 3.79. The third-order valence-corrected chi connectivity index (χ3v) is 5.02. The van der Waals surface area contributed by atoms with E-state index >= 15 is 0 Å². The van der Waals surface area contributed by atoms with E-state index in [1.807, 2.05) is 10.8 Å². The zero-order chi connectivity index (χ0) is 19.4. The number of pyridine rings is 1. The molecule has 0 saturated heterocycles. The Bertz CT molecular complexity index is 1070. The number of benzene rings is 2. The summed E-state index contributed by atoms with van der Waals surface area (Å²) in [5.74, 6) is -0.893. The second kappa shape index (κ2) is 7.73. The number of sulfonamides is 1. The first-order valence-corrected chi connectivity index (χ1v) is 9.42. The second-order valence-corrected chi connectivity index (χ2v) is 7.40. The summed E-state index contributed by atoms with van der Waals surface area (Å²) < 4.78 is 45.1. The van der Waals surface area contributed by atoms with Crippen LogP contribution in [-0.2, 0) is 10.0 Å². The molecular formula is C18H12ClFN2O4S. The monoisotopic (exact) mass is 406 g/mol. The van der Waals surface area contributed by atoms with Crippen molar-refractivity contribution in [3.05, 3.63) is 83.3 Å². The van der Waals surface area contributed by atoms with E-state index in [1.54, 1.807) is 24.3 Å². The Hall–Kier alpha value is -2.97. The lowest BCUT2D eigenvalue weighted by atomic mass is 10.2. The maximum atomic E-state index is 13.1. The minimum Gasteiger partial charge on any atom is -0.439 e. The third kappa shape index (κ3) is 4.60. The summed E-state index contributed by atoms with van der Waals surface area (Å²) in [4.78, 5) is 15.8. The summed E-state index contributed by atoms with van der Waals surface area (Å²) >= 11 is 5.77. The first-order chi connectivity index (χ1) is 12.8. The van der Waals surface area contributed by atoms with E-state index in [0.29, 0.717) is 5.75 Å². The van der Waals surface area contributed by atoms with E-state index in [9.17, 15) is 17.6 Å². The number of ether oxygens (including phenoxy) is 1. The van der Waals surface area contributed by atoms with Crippen LogP contribution in [0.1, 0.15) is 10.4 Å². The lowest BCUT2D eigenvalue weighted by Crippen LogP contribution is -2.30. The van der Waals surface area contributed by atoms with Crippen LogP contribution in [0.25, 0.3) is 0 Å². The molecule has 0 atom stereocenters. The average molecular weight is 407 g/mol. The lowest BCUT2D eigenvalue weighted by molar-refractivity contribution is 0.0981. The Morgan fingerprint density at radius 3 is 2.44 bits per heavy atom. The predicted molar refractivity (Wildman–Crippen MR) is 96.8 cm³/mol. The highest BCUT2D eigenvalue weighted by atomic mass is 35.5. The molecule has 2 aromatic carbocycles. The van der Waals surface area contributed by atoms with E-state index < -0.39 is 21.7 Å². The van der Waals surface area contributed by atoms with Crippen LogP contribution in [0.3, 0.4) is 0 Å². The van der Waals surface area contributed by atoms with Crippen LogP contribution in [0.5, 0.6) is 11.6 Å². The molecule has 0 unspecified atom stereocenters. The van der Waals surface area contributed by atoms with Gasteiger partial charge in [-0.1, -0.05) is 29.8 Å². The zero-order valence-electron chi connectivity index (χ0n) is 13.6. The van der Waals surface area contributed by atoms with Gasteiger partial charge in [0.05, 0.1) is 16.8 Å². The molecule has 0 fully saturated rings. The fraction of sp³-hybridized carbons (Fsp3) is 0. The van der Waals surface area contributed by atoms with Gasteiger partial charge >= 0.3 is 0 Å². The Labute approximate surface area is 159 Å². The molecule has 3 aromatic rings. The molecule has 0 radical (unpaired) electrons. The summed E-state index contributed by atoms with van der Waals surface area (Å²) in [6.07, 6.45) is 1.06. The topological polar surface area (TPSA) is 85.4 Å². The van der Waals surface area contributed by atoms with Crippen molar-refractivity contribution in [2.75, 3.05) is 0 Å². The normalized spacial score (nSPS) is 11.0. The minimum absolute atomic E-state index is 0.168. The van der Waals surface area contributed by atoms with E-state index in [-0.39, 0.29) is 21.4 Å². The second-order valence-electron chi connectivity index (χ2n) is 5.31. The van der Waals surface area contributed by atoms with E-state index in [0.717, 1.165) is 24.4 Å². The number of carbonyl (C=O) groups excluding carboxylic acids is 1. The molecule has 0 aliphatic heterocycles. The number of hydrogen-bond acceptors (Lipinski definition) is 5. The number of nitrogens with zero attached hydrogens (tertiary/aromatic N) is 1. The Kier molecular flexibility index (Phi) is 5.38. The number of rotatable bonds is 5. The van der Waals surface area contributed by atoms with Crippen molar-refractivity contribution in [3.8, 4) is 11.6 Å². The van der Waals surface area contributed by atoms with Gasteiger partial charge in [-0.2, -0.15) is 0 Å². The Morgan fingerprint density at radius 1 is 1.07 bits per heavy atom. The smallest absolute Gasteiger partial charge is 0.266 e. The van der Waals surface area contributed by atoms with Gasteiger partial charge in [-0.15, -0.1) is 0 Å². The number of hydrogen-bond donors (Lipinski definition) is 1. The van der Waals surface area contributed by atoms with Crippen molar-refractivity contribution < 1.29 is 22.3 Å². The van der Waals surface area contributed by atoms with Crippen molar-refractivity contribution in [1.29, 1.82) is 0 Å². The molecule has 1 aromatic heterocycles. The van der Waals surface area contributed by atoms with Crippen LogP contribution in [-0.4, -0.2) is 19.3 Å². The van der Waals surface area contributed by atoms with Gasteiger partial charge in [-0.05, 0) is 36.4 Å². The van der Waals surface area contributed by atoms with E-state index in [1.165, 1.54) is 12.1 Å². The van der Waals surface area contributed by atoms with E-state index in [4.69, 9.17) is 16.3 Å². The Balaban J connectivity index is 1.75. The van der Waals surface area contributed by atoms with Crippen molar-refractivity contribution in [2.45, 2.75) is 4.90 Å². The van der Waals surface area contributed by atoms with Gasteiger partial charge in [0.15, 0.2) is 0 Å². The highest BCUT2D eigenvalue weighted by Crippen LogP contribution is 2.21. The number of halogens is 2. The van der Waals surface area contributed by atoms with Crippen molar-refractivity contribution in [3.63, 3.8) is 0 Å². The largest absolute Gasteiger partial charge is 0.439 e. The molecule has 1 amide bonds. The molecule has 9 heteroatoms. The summed E-state index contributed by atoms with van der Waals surface area (Å²) in [5.41, 5.74) is -0.168. The van der Waals surface area contributed by atoms with Crippen LogP contribution < -0.4 is 9.46 Å². The highest BCUT2D eigenvalue weighted by Gasteiger charge is 2.21. The summed E-state index contributed by atoms with van der Waals surface area (Å²) in [5, 5.41) is -0.201. The molecule has 138 valence electrons. The molecule has 0 spiro atoms. The van der Waals surface area contributed by atoms with Gasteiger partial charge in [0.25, 0.3) is 15.9 Å². The van der Waals surface area contributed by atoms with E-state index in [2.05, 4.69) is 4.98 Å². The number of carbonyl (C=O) groups is 1. The molecule has 1 N–H and O–H groups in total. The van der Waals surface area contributed by atoms with Gasteiger partial charge in [0, 0.05) is 6.07 Å². The third-order valence-electron chi connectivity index (χ3n) is 3.39. The molecule has 0 saturated carbocycles. The molecule has 27 heavy (non-hydrogen) atoms. The number of para-hydroxylation sites is 1. The van der Waals surface area contributed by atoms with Crippen LogP contribution in [0.2, 0.25) is 5.02 Å². The fourth-order valence-corrected chi connectivity index (χ4v) is 3.27. The summed E-state index contributed by atoms with van der Waals surface area (Å²) in [7, 11) is -4.19. The maximum absolute atomic E-state index is 13.1. The minimum atomic E-state index is -4.19. The molecule has 0 aliphatic carbocycles. The van der Waals surface area contributed by atoms with Crippen LogP contribution in [0.4, 0.5) is 4.39 Å². The molecule has 3 rings (SSSR count). The zero-order valence-corrected chi connectivity index (χ0v) is 15.2. The maximum Gasteiger partial charge on any atom is 0.266 e. The van der Waals surface area contributed by atoms with Gasteiger partial charge in [-0.3, -0.25) is 4.79 Å². The number of nitrogens with one attached hydrogen (secondary N) is 1. The standard InChI is InChI=1S/C18H12ClFN2O4S/c19-16-10-12(20)6-8-15(16)18(23)22-27(24,25)14-7-9-17(21-11-14)26-13-4-2-1-3-5-13/h1-11H,(H,22,23).